The Balaban J connectivity index is 2.34. The van der Waals surface area contributed by atoms with Gasteiger partial charge in [0.1, 0.15) is 12.4 Å². The fourth-order valence-electron chi connectivity index (χ4n) is 0.975. The maximum atomic E-state index is 5.48. The molecule has 71 valence electrons. The Morgan fingerprint density at radius 1 is 1.31 bits per heavy atom. The molecular weight excluding hydrogens is 164 g/mol. The van der Waals surface area contributed by atoms with Crippen LogP contribution in [-0.2, 0) is 4.74 Å². The van der Waals surface area contributed by atoms with E-state index in [1.807, 2.05) is 30.3 Å². The predicted octanol–water partition coefficient (Wildman–Crippen LogP) is 2.30. The Bertz CT molecular complexity index is 217. The molecule has 2 nitrogen and oxygen atoms in total. The summed E-state index contributed by atoms with van der Waals surface area (Å²) in [5.41, 5.74) is 0. The van der Waals surface area contributed by atoms with Crippen molar-refractivity contribution in [1.82, 2.24) is 0 Å². The second kappa shape index (κ2) is 5.60. The zero-order valence-corrected chi connectivity index (χ0v) is 7.90. The van der Waals surface area contributed by atoms with E-state index in [0.29, 0.717) is 6.61 Å². The molecule has 1 unspecified atom stereocenters. The molecule has 0 fully saturated rings. The van der Waals surface area contributed by atoms with Crippen LogP contribution >= 0.6 is 0 Å². The van der Waals surface area contributed by atoms with Gasteiger partial charge in [0.25, 0.3) is 0 Å². The highest BCUT2D eigenvalue weighted by Crippen LogP contribution is 2.09. The van der Waals surface area contributed by atoms with Crippen LogP contribution in [0.4, 0.5) is 0 Å². The largest absolute Gasteiger partial charge is 0.491 e. The normalized spacial score (nSPS) is 12.5. The fraction of sp³-hybridized carbons (Fsp3) is 0.364. The summed E-state index contributed by atoms with van der Waals surface area (Å²) < 4.78 is 10.6. The number of methoxy groups -OCH3 is 1. The molecule has 0 bridgehead atoms. The van der Waals surface area contributed by atoms with Crippen LogP contribution in [0.3, 0.4) is 0 Å². The van der Waals surface area contributed by atoms with Crippen molar-refractivity contribution in [2.45, 2.75) is 12.5 Å². The molecule has 0 spiro atoms. The van der Waals surface area contributed by atoms with Gasteiger partial charge in [-0.15, -0.1) is 0 Å². The van der Waals surface area contributed by atoms with Gasteiger partial charge in [-0.3, -0.25) is 0 Å². The van der Waals surface area contributed by atoms with Crippen LogP contribution in [0, 0.1) is 6.92 Å². The molecule has 0 aliphatic carbocycles. The van der Waals surface area contributed by atoms with Gasteiger partial charge in [-0.25, -0.2) is 0 Å². The second-order valence-corrected chi connectivity index (χ2v) is 2.77. The van der Waals surface area contributed by atoms with E-state index in [-0.39, 0.29) is 6.10 Å². The molecule has 1 atom stereocenters. The Morgan fingerprint density at radius 3 is 2.54 bits per heavy atom. The van der Waals surface area contributed by atoms with Gasteiger partial charge in [-0.05, 0) is 18.6 Å². The zero-order valence-electron chi connectivity index (χ0n) is 7.90. The predicted molar refractivity (Wildman–Crippen MR) is 52.7 cm³/mol. The number of para-hydroxylation sites is 1. The monoisotopic (exact) mass is 179 g/mol. The summed E-state index contributed by atoms with van der Waals surface area (Å²) in [6, 6.07) is 9.70. The van der Waals surface area contributed by atoms with Crippen molar-refractivity contribution in [3.8, 4) is 5.75 Å². The molecule has 13 heavy (non-hydrogen) atoms. The fourth-order valence-corrected chi connectivity index (χ4v) is 0.975. The first kappa shape index (κ1) is 10.1. The van der Waals surface area contributed by atoms with Crippen LogP contribution in [0.15, 0.2) is 30.3 Å². The van der Waals surface area contributed by atoms with Crippen molar-refractivity contribution in [2.75, 3.05) is 13.7 Å². The molecule has 0 aliphatic heterocycles. The number of benzene rings is 1. The summed E-state index contributed by atoms with van der Waals surface area (Å²) in [6.45, 7) is 4.32. The van der Waals surface area contributed by atoms with E-state index in [1.165, 1.54) is 0 Å². The van der Waals surface area contributed by atoms with Crippen molar-refractivity contribution >= 4 is 0 Å². The van der Waals surface area contributed by atoms with Gasteiger partial charge in [0, 0.05) is 7.11 Å². The molecule has 1 rings (SSSR count). The van der Waals surface area contributed by atoms with Crippen LogP contribution in [0.2, 0.25) is 0 Å². The molecule has 0 aliphatic rings. The summed E-state index contributed by atoms with van der Waals surface area (Å²) in [5, 5.41) is 0. The third-order valence-electron chi connectivity index (χ3n) is 1.83. The maximum Gasteiger partial charge on any atom is 0.119 e. The summed E-state index contributed by atoms with van der Waals surface area (Å²) in [7, 11) is 1.67. The molecule has 2 heteroatoms. The maximum absolute atomic E-state index is 5.48. The van der Waals surface area contributed by atoms with Crippen LogP contribution < -0.4 is 4.74 Å². The van der Waals surface area contributed by atoms with E-state index in [2.05, 4.69) is 6.92 Å². The number of ether oxygens (including phenoxy) is 2. The summed E-state index contributed by atoms with van der Waals surface area (Å²) in [6.07, 6.45) is 0.809. The minimum atomic E-state index is 0.0835. The standard InChI is InChI=1S/C11H15O2/c1-3-10(12-2)9-13-11-7-5-4-6-8-11/h4-8,10H,1,3,9H2,2H3. The molecule has 1 aromatic rings. The van der Waals surface area contributed by atoms with Gasteiger partial charge in [-0.2, -0.15) is 0 Å². The molecular formula is C11H15O2. The van der Waals surface area contributed by atoms with Gasteiger partial charge in [0.15, 0.2) is 0 Å². The van der Waals surface area contributed by atoms with Crippen molar-refractivity contribution < 1.29 is 9.47 Å². The highest BCUT2D eigenvalue weighted by Gasteiger charge is 2.04. The lowest BCUT2D eigenvalue weighted by atomic mass is 10.3. The third kappa shape index (κ3) is 3.47. The van der Waals surface area contributed by atoms with Crippen molar-refractivity contribution in [3.63, 3.8) is 0 Å². The Labute approximate surface area is 79.5 Å². The van der Waals surface area contributed by atoms with Gasteiger partial charge in [0.05, 0.1) is 6.10 Å². The lowest BCUT2D eigenvalue weighted by Crippen LogP contribution is -2.19. The molecule has 0 N–H and O–H groups in total. The molecule has 1 radical (unpaired) electrons. The quantitative estimate of drug-likeness (QED) is 0.690. The van der Waals surface area contributed by atoms with Gasteiger partial charge < -0.3 is 9.47 Å². The number of hydrogen-bond acceptors (Lipinski definition) is 2. The summed E-state index contributed by atoms with van der Waals surface area (Å²) in [4.78, 5) is 0. The zero-order chi connectivity index (χ0) is 9.52. The highest BCUT2D eigenvalue weighted by molar-refractivity contribution is 5.20. The first-order valence-electron chi connectivity index (χ1n) is 4.36. The average Bonchev–Trinajstić information content (AvgIpc) is 2.21. The molecule has 0 heterocycles. The number of rotatable bonds is 5. The van der Waals surface area contributed by atoms with Gasteiger partial charge in [-0.1, -0.05) is 25.1 Å². The molecule has 0 aromatic heterocycles. The summed E-state index contributed by atoms with van der Waals surface area (Å²) >= 11 is 0. The average molecular weight is 179 g/mol. The second-order valence-electron chi connectivity index (χ2n) is 2.77. The molecule has 1 aromatic carbocycles. The van der Waals surface area contributed by atoms with Gasteiger partial charge >= 0.3 is 0 Å². The van der Waals surface area contributed by atoms with E-state index < -0.39 is 0 Å². The summed E-state index contributed by atoms with van der Waals surface area (Å²) in [5.74, 6) is 0.873. The first-order valence-corrected chi connectivity index (χ1v) is 4.36. The van der Waals surface area contributed by atoms with E-state index >= 15 is 0 Å². The highest BCUT2D eigenvalue weighted by atomic mass is 16.5. The SMILES string of the molecule is [CH2]CC(COc1ccccc1)OC. The minimum absolute atomic E-state index is 0.0835. The van der Waals surface area contributed by atoms with E-state index in [9.17, 15) is 0 Å². The molecule has 0 saturated heterocycles. The minimum Gasteiger partial charge on any atom is -0.491 e. The lowest BCUT2D eigenvalue weighted by molar-refractivity contribution is 0.0599. The van der Waals surface area contributed by atoms with Crippen LogP contribution in [0.5, 0.6) is 5.75 Å². The van der Waals surface area contributed by atoms with Crippen LogP contribution in [0.1, 0.15) is 6.42 Å². The Morgan fingerprint density at radius 2 is 2.00 bits per heavy atom. The third-order valence-corrected chi connectivity index (χ3v) is 1.83. The van der Waals surface area contributed by atoms with Crippen molar-refractivity contribution in [3.05, 3.63) is 37.3 Å². The topological polar surface area (TPSA) is 18.5 Å². The molecule has 0 saturated carbocycles. The van der Waals surface area contributed by atoms with Crippen molar-refractivity contribution in [2.24, 2.45) is 0 Å². The van der Waals surface area contributed by atoms with Crippen LogP contribution in [-0.4, -0.2) is 19.8 Å². The van der Waals surface area contributed by atoms with E-state index in [0.717, 1.165) is 12.2 Å². The lowest BCUT2D eigenvalue weighted by Gasteiger charge is -2.13. The van der Waals surface area contributed by atoms with Gasteiger partial charge in [0.2, 0.25) is 0 Å². The smallest absolute Gasteiger partial charge is 0.119 e. The van der Waals surface area contributed by atoms with E-state index in [1.54, 1.807) is 7.11 Å². The molecule has 0 amide bonds. The number of hydrogen-bond donors (Lipinski definition) is 0. The van der Waals surface area contributed by atoms with E-state index in [4.69, 9.17) is 9.47 Å². The Hall–Kier alpha value is -1.02. The van der Waals surface area contributed by atoms with Crippen molar-refractivity contribution in [1.29, 1.82) is 0 Å². The van der Waals surface area contributed by atoms with Crippen LogP contribution in [0.25, 0.3) is 0 Å². The Kier molecular flexibility index (Phi) is 4.33. The first-order chi connectivity index (χ1) is 6.36.